The Balaban J connectivity index is 1.65. The van der Waals surface area contributed by atoms with Gasteiger partial charge in [0.25, 0.3) is 0 Å². The molecule has 1 aliphatic rings. The van der Waals surface area contributed by atoms with Gasteiger partial charge in [-0.2, -0.15) is 4.31 Å². The van der Waals surface area contributed by atoms with Crippen molar-refractivity contribution in [1.82, 2.24) is 14.4 Å². The van der Waals surface area contributed by atoms with Crippen LogP contribution in [0.15, 0.2) is 27.6 Å². The van der Waals surface area contributed by atoms with Crippen molar-refractivity contribution in [2.45, 2.75) is 32.2 Å². The van der Waals surface area contributed by atoms with Crippen molar-refractivity contribution in [3.8, 4) is 5.75 Å². The molecular weight excluding hydrogens is 354 g/mol. The van der Waals surface area contributed by atoms with E-state index in [-0.39, 0.29) is 4.90 Å². The summed E-state index contributed by atoms with van der Waals surface area (Å²) in [6.45, 7) is 8.41. The van der Waals surface area contributed by atoms with Gasteiger partial charge in [0.1, 0.15) is 16.3 Å². The van der Waals surface area contributed by atoms with Crippen molar-refractivity contribution in [3.05, 3.63) is 40.8 Å². The van der Waals surface area contributed by atoms with Crippen molar-refractivity contribution < 1.29 is 17.7 Å². The third kappa shape index (κ3) is 3.62. The van der Waals surface area contributed by atoms with Crippen LogP contribution in [0.25, 0.3) is 0 Å². The zero-order valence-electron chi connectivity index (χ0n) is 15.7. The van der Waals surface area contributed by atoms with E-state index in [4.69, 9.17) is 9.26 Å². The molecule has 0 amide bonds. The maximum atomic E-state index is 12.9. The number of rotatable bonds is 5. The molecule has 1 fully saturated rings. The zero-order valence-corrected chi connectivity index (χ0v) is 16.5. The fourth-order valence-corrected chi connectivity index (χ4v) is 5.11. The second kappa shape index (κ2) is 7.38. The summed E-state index contributed by atoms with van der Waals surface area (Å²) in [5.74, 6) is 1.22. The Morgan fingerprint density at radius 1 is 1.15 bits per heavy atom. The van der Waals surface area contributed by atoms with Gasteiger partial charge < -0.3 is 9.26 Å². The summed E-state index contributed by atoms with van der Waals surface area (Å²) in [5.41, 5.74) is 2.72. The second-order valence-electron chi connectivity index (χ2n) is 6.64. The lowest BCUT2D eigenvalue weighted by atomic mass is 10.1. The molecule has 3 rings (SSSR count). The van der Waals surface area contributed by atoms with Gasteiger partial charge in [0.15, 0.2) is 5.76 Å². The number of methoxy groups -OCH3 is 1. The quantitative estimate of drug-likeness (QED) is 0.792. The molecule has 7 nitrogen and oxygen atoms in total. The summed E-state index contributed by atoms with van der Waals surface area (Å²) >= 11 is 0. The Bertz CT molecular complexity index is 864. The monoisotopic (exact) mass is 379 g/mol. The Labute approximate surface area is 154 Å². The molecule has 142 valence electrons. The highest BCUT2D eigenvalue weighted by molar-refractivity contribution is 7.89. The molecule has 1 aromatic carbocycles. The molecule has 1 aliphatic heterocycles. The summed E-state index contributed by atoms with van der Waals surface area (Å²) in [6.07, 6.45) is 0. The normalized spacial score (nSPS) is 16.8. The van der Waals surface area contributed by atoms with E-state index in [1.165, 1.54) is 9.87 Å². The van der Waals surface area contributed by atoms with Crippen LogP contribution in [0.2, 0.25) is 0 Å². The molecule has 0 N–H and O–H groups in total. The first-order valence-corrected chi connectivity index (χ1v) is 10.1. The zero-order chi connectivity index (χ0) is 18.9. The molecular formula is C18H25N3O4S. The van der Waals surface area contributed by atoms with Crippen LogP contribution in [0.5, 0.6) is 5.75 Å². The first-order valence-electron chi connectivity index (χ1n) is 8.62. The molecule has 0 saturated carbocycles. The van der Waals surface area contributed by atoms with E-state index >= 15 is 0 Å². The average molecular weight is 379 g/mol. The van der Waals surface area contributed by atoms with Crippen molar-refractivity contribution >= 4 is 10.0 Å². The fourth-order valence-electron chi connectivity index (χ4n) is 3.40. The first kappa shape index (κ1) is 18.9. The molecule has 0 aliphatic carbocycles. The minimum Gasteiger partial charge on any atom is -0.496 e. The van der Waals surface area contributed by atoms with Crippen molar-refractivity contribution in [1.29, 1.82) is 0 Å². The summed E-state index contributed by atoms with van der Waals surface area (Å²) < 4.78 is 37.6. The van der Waals surface area contributed by atoms with Crippen molar-refractivity contribution in [2.24, 2.45) is 0 Å². The van der Waals surface area contributed by atoms with Crippen LogP contribution >= 0.6 is 0 Å². The average Bonchev–Trinajstić information content (AvgIpc) is 2.95. The van der Waals surface area contributed by atoms with Crippen molar-refractivity contribution in [3.63, 3.8) is 0 Å². The van der Waals surface area contributed by atoms with E-state index < -0.39 is 10.0 Å². The lowest BCUT2D eigenvalue weighted by Crippen LogP contribution is -2.48. The summed E-state index contributed by atoms with van der Waals surface area (Å²) in [5, 5.41) is 3.77. The lowest BCUT2D eigenvalue weighted by molar-refractivity contribution is 0.181. The SMILES string of the molecule is COc1ccc(CN2CCN(S(=O)(=O)c3c(C)noc3C)CC2)cc1C. The van der Waals surface area contributed by atoms with Crippen LogP contribution in [0.4, 0.5) is 0 Å². The fraction of sp³-hybridized carbons (Fsp3) is 0.500. The summed E-state index contributed by atoms with van der Waals surface area (Å²) in [6, 6.07) is 6.15. The molecule has 8 heteroatoms. The number of ether oxygens (including phenoxy) is 1. The number of sulfonamides is 1. The van der Waals surface area contributed by atoms with E-state index in [2.05, 4.69) is 22.2 Å². The molecule has 1 saturated heterocycles. The Hall–Kier alpha value is -1.90. The lowest BCUT2D eigenvalue weighted by Gasteiger charge is -2.34. The smallest absolute Gasteiger partial charge is 0.248 e. The molecule has 26 heavy (non-hydrogen) atoms. The van der Waals surface area contributed by atoms with Crippen LogP contribution in [0.3, 0.4) is 0 Å². The van der Waals surface area contributed by atoms with Gasteiger partial charge in [0.2, 0.25) is 10.0 Å². The minimum atomic E-state index is -3.56. The Morgan fingerprint density at radius 2 is 1.85 bits per heavy atom. The summed E-state index contributed by atoms with van der Waals surface area (Å²) in [4.78, 5) is 2.47. The molecule has 0 bridgehead atoms. The molecule has 0 spiro atoms. The third-order valence-electron chi connectivity index (χ3n) is 4.76. The van der Waals surface area contributed by atoms with Crippen LogP contribution in [-0.2, 0) is 16.6 Å². The Kier molecular flexibility index (Phi) is 5.36. The maximum Gasteiger partial charge on any atom is 0.248 e. The molecule has 0 atom stereocenters. The Morgan fingerprint density at radius 3 is 2.38 bits per heavy atom. The van der Waals surface area contributed by atoms with E-state index in [0.29, 0.717) is 37.6 Å². The molecule has 1 aromatic heterocycles. The van der Waals surface area contributed by atoms with Gasteiger partial charge in [-0.25, -0.2) is 8.42 Å². The molecule has 2 heterocycles. The van der Waals surface area contributed by atoms with Crippen LogP contribution in [-0.4, -0.2) is 56.1 Å². The van der Waals surface area contributed by atoms with Crippen LogP contribution < -0.4 is 4.74 Å². The minimum absolute atomic E-state index is 0.205. The number of nitrogens with zero attached hydrogens (tertiary/aromatic N) is 3. The molecule has 2 aromatic rings. The first-order chi connectivity index (χ1) is 12.3. The highest BCUT2D eigenvalue weighted by Gasteiger charge is 2.33. The van der Waals surface area contributed by atoms with Gasteiger partial charge in [-0.05, 0) is 38.0 Å². The van der Waals surface area contributed by atoms with E-state index in [1.54, 1.807) is 21.0 Å². The second-order valence-corrected chi connectivity index (χ2v) is 8.51. The van der Waals surface area contributed by atoms with E-state index in [1.807, 2.05) is 13.0 Å². The van der Waals surface area contributed by atoms with Gasteiger partial charge in [0.05, 0.1) is 7.11 Å². The van der Waals surface area contributed by atoms with Crippen molar-refractivity contribution in [2.75, 3.05) is 33.3 Å². The predicted octanol–water partition coefficient (Wildman–Crippen LogP) is 2.11. The van der Waals surface area contributed by atoms with Crippen LogP contribution in [0, 0.1) is 20.8 Å². The number of aryl methyl sites for hydroxylation is 3. The third-order valence-corrected chi connectivity index (χ3v) is 6.91. The number of hydrogen-bond acceptors (Lipinski definition) is 6. The van der Waals surface area contributed by atoms with E-state index in [0.717, 1.165) is 17.9 Å². The highest BCUT2D eigenvalue weighted by Crippen LogP contribution is 2.25. The largest absolute Gasteiger partial charge is 0.496 e. The molecule has 0 radical (unpaired) electrons. The van der Waals surface area contributed by atoms with Crippen LogP contribution in [0.1, 0.15) is 22.6 Å². The van der Waals surface area contributed by atoms with Gasteiger partial charge in [0, 0.05) is 32.7 Å². The topological polar surface area (TPSA) is 75.9 Å². The van der Waals surface area contributed by atoms with Gasteiger partial charge in [-0.15, -0.1) is 0 Å². The standard InChI is InChI=1S/C18H25N3O4S/c1-13-11-16(5-6-17(13)24-4)12-20-7-9-21(10-8-20)26(22,23)18-14(2)19-25-15(18)3/h5-6,11H,7-10,12H2,1-4H3. The number of benzene rings is 1. The maximum absolute atomic E-state index is 12.9. The summed E-state index contributed by atoms with van der Waals surface area (Å²) in [7, 11) is -1.89. The molecule has 0 unspecified atom stereocenters. The number of piperazine rings is 1. The number of aromatic nitrogens is 1. The van der Waals surface area contributed by atoms with Gasteiger partial charge >= 0.3 is 0 Å². The van der Waals surface area contributed by atoms with Gasteiger partial charge in [-0.3, -0.25) is 4.90 Å². The highest BCUT2D eigenvalue weighted by atomic mass is 32.2. The number of hydrogen-bond donors (Lipinski definition) is 0. The van der Waals surface area contributed by atoms with E-state index in [9.17, 15) is 8.42 Å². The predicted molar refractivity (Wildman–Crippen MR) is 97.7 cm³/mol. The van der Waals surface area contributed by atoms with Gasteiger partial charge in [-0.1, -0.05) is 17.3 Å².